The Hall–Kier alpha value is -3.33. The van der Waals surface area contributed by atoms with Crippen molar-refractivity contribution in [3.05, 3.63) is 42.9 Å². The van der Waals surface area contributed by atoms with Crippen LogP contribution in [-0.2, 0) is 11.2 Å². The third kappa shape index (κ3) is 4.20. The Morgan fingerprint density at radius 3 is 2.70 bits per heavy atom. The van der Waals surface area contributed by atoms with E-state index in [0.29, 0.717) is 5.92 Å². The van der Waals surface area contributed by atoms with E-state index < -0.39 is 0 Å². The molecule has 4 aromatic rings. The van der Waals surface area contributed by atoms with Crippen molar-refractivity contribution in [3.8, 4) is 5.75 Å². The highest BCUT2D eigenvalue weighted by Gasteiger charge is 2.25. The Balaban J connectivity index is 1.16. The molecule has 0 unspecified atom stereocenters. The van der Waals surface area contributed by atoms with E-state index in [0.717, 1.165) is 97.7 Å². The number of hydrogen-bond acceptors (Lipinski definition) is 8. The number of nitrogens with one attached hydrogen (secondary N) is 1. The van der Waals surface area contributed by atoms with Crippen LogP contribution < -0.4 is 9.64 Å². The number of aromatic nitrogens is 6. The molecule has 4 heterocycles. The lowest BCUT2D eigenvalue weighted by Gasteiger charge is -2.31. The number of H-pyrrole nitrogens is 1. The maximum atomic E-state index is 6.55. The first-order chi connectivity index (χ1) is 16.3. The molecule has 1 aliphatic carbocycles. The lowest BCUT2D eigenvalue weighted by Crippen LogP contribution is -2.36. The van der Waals surface area contributed by atoms with Crippen LogP contribution in [0.2, 0.25) is 0 Å². The van der Waals surface area contributed by atoms with Gasteiger partial charge in [0.1, 0.15) is 23.1 Å². The zero-order valence-electron chi connectivity index (χ0n) is 18.5. The summed E-state index contributed by atoms with van der Waals surface area (Å²) in [7, 11) is 0. The van der Waals surface area contributed by atoms with E-state index in [1.807, 2.05) is 0 Å². The first kappa shape index (κ1) is 20.3. The number of nitrogens with zero attached hydrogens (tertiary/aromatic N) is 6. The molecule has 9 heteroatoms. The van der Waals surface area contributed by atoms with E-state index in [2.05, 4.69) is 46.9 Å². The molecule has 0 atom stereocenters. The molecular weight excluding hydrogens is 418 g/mol. The van der Waals surface area contributed by atoms with Crippen LogP contribution in [0.25, 0.3) is 22.2 Å². The van der Waals surface area contributed by atoms with Crippen molar-refractivity contribution in [2.75, 3.05) is 31.2 Å². The number of imidazole rings is 1. The molecule has 0 amide bonds. The number of morpholine rings is 1. The Morgan fingerprint density at radius 2 is 1.82 bits per heavy atom. The van der Waals surface area contributed by atoms with Gasteiger partial charge in [0.25, 0.3) is 0 Å². The maximum absolute atomic E-state index is 6.55. The number of aromatic amines is 1. The predicted octanol–water partition coefficient (Wildman–Crippen LogP) is 3.31. The van der Waals surface area contributed by atoms with Crippen molar-refractivity contribution < 1.29 is 9.47 Å². The SMILES string of the molecule is c1cnc2c(OC3CCC(Cc4ncnc5nc[nH]c45)CC3)cc(N3CCOCC3)cc2n1. The van der Waals surface area contributed by atoms with E-state index >= 15 is 0 Å². The standard InChI is InChI=1S/C24H27N7O2/c1-3-18(4-2-16(1)11-19-23-24(29-14-27-19)30-15-28-23)33-21-13-17(31-7-9-32-10-8-31)12-20-22(21)26-6-5-25-20/h5-6,12-16,18H,1-4,7-11H2,(H,27,28,29,30). The van der Waals surface area contributed by atoms with Crippen molar-refractivity contribution in [1.29, 1.82) is 0 Å². The molecule has 2 fully saturated rings. The summed E-state index contributed by atoms with van der Waals surface area (Å²) in [6, 6.07) is 4.24. The summed E-state index contributed by atoms with van der Waals surface area (Å²) in [5.74, 6) is 1.42. The zero-order chi connectivity index (χ0) is 22.0. The van der Waals surface area contributed by atoms with Gasteiger partial charge in [-0.1, -0.05) is 0 Å². The number of hydrogen-bond donors (Lipinski definition) is 1. The molecule has 1 saturated carbocycles. The van der Waals surface area contributed by atoms with E-state index in [1.165, 1.54) is 0 Å². The highest BCUT2D eigenvalue weighted by molar-refractivity contribution is 5.85. The fourth-order valence-corrected chi connectivity index (χ4v) is 5.00. The van der Waals surface area contributed by atoms with Gasteiger partial charge in [0.15, 0.2) is 5.65 Å². The van der Waals surface area contributed by atoms with Crippen LogP contribution >= 0.6 is 0 Å². The average molecular weight is 446 g/mol. The number of fused-ring (bicyclic) bond motifs is 2. The smallest absolute Gasteiger partial charge is 0.180 e. The Bertz CT molecular complexity index is 1250. The molecule has 1 aromatic carbocycles. The van der Waals surface area contributed by atoms with Gasteiger partial charge in [-0.3, -0.25) is 4.98 Å². The molecule has 1 aliphatic heterocycles. The molecule has 3 aromatic heterocycles. The van der Waals surface area contributed by atoms with Crippen molar-refractivity contribution >= 4 is 27.9 Å². The van der Waals surface area contributed by atoms with E-state index in [9.17, 15) is 0 Å². The molecule has 0 radical (unpaired) electrons. The van der Waals surface area contributed by atoms with Gasteiger partial charge in [-0.25, -0.2) is 19.9 Å². The molecule has 9 nitrogen and oxygen atoms in total. The van der Waals surface area contributed by atoms with Crippen molar-refractivity contribution in [3.63, 3.8) is 0 Å². The van der Waals surface area contributed by atoms with Gasteiger partial charge >= 0.3 is 0 Å². The molecule has 1 N–H and O–H groups in total. The number of anilines is 1. The van der Waals surface area contributed by atoms with Gasteiger partial charge in [0.05, 0.1) is 36.9 Å². The van der Waals surface area contributed by atoms with E-state index in [-0.39, 0.29) is 6.10 Å². The number of rotatable bonds is 5. The lowest BCUT2D eigenvalue weighted by molar-refractivity contribution is 0.122. The molecular formula is C24H27N7O2. The van der Waals surface area contributed by atoms with Crippen molar-refractivity contribution in [1.82, 2.24) is 29.9 Å². The summed E-state index contributed by atoms with van der Waals surface area (Å²) in [6.45, 7) is 3.25. The zero-order valence-corrected chi connectivity index (χ0v) is 18.5. The quantitative estimate of drug-likeness (QED) is 0.499. The topological polar surface area (TPSA) is 102 Å². The molecule has 0 bridgehead atoms. The summed E-state index contributed by atoms with van der Waals surface area (Å²) in [5.41, 5.74) is 5.59. The fraction of sp³-hybridized carbons (Fsp3) is 0.458. The molecule has 33 heavy (non-hydrogen) atoms. The van der Waals surface area contributed by atoms with Crippen LogP contribution in [0.3, 0.4) is 0 Å². The number of ether oxygens (including phenoxy) is 2. The second kappa shape index (κ2) is 8.90. The Kier molecular flexibility index (Phi) is 5.47. The summed E-state index contributed by atoms with van der Waals surface area (Å²) in [5, 5.41) is 0. The Morgan fingerprint density at radius 1 is 0.970 bits per heavy atom. The third-order valence-electron chi connectivity index (χ3n) is 6.77. The minimum Gasteiger partial charge on any atom is -0.488 e. The predicted molar refractivity (Wildman–Crippen MR) is 124 cm³/mol. The van der Waals surface area contributed by atoms with Crippen molar-refractivity contribution in [2.45, 2.75) is 38.2 Å². The normalized spacial score (nSPS) is 21.5. The molecule has 2 aliphatic rings. The van der Waals surface area contributed by atoms with Crippen LogP contribution in [0.5, 0.6) is 5.75 Å². The monoisotopic (exact) mass is 445 g/mol. The fourth-order valence-electron chi connectivity index (χ4n) is 5.00. The average Bonchev–Trinajstić information content (AvgIpc) is 3.36. The summed E-state index contributed by atoms with van der Waals surface area (Å²) < 4.78 is 12.1. The van der Waals surface area contributed by atoms with Gasteiger partial charge in [-0.05, 0) is 44.1 Å². The highest BCUT2D eigenvalue weighted by Crippen LogP contribution is 2.35. The van der Waals surface area contributed by atoms with Crippen LogP contribution in [0.4, 0.5) is 5.69 Å². The van der Waals surface area contributed by atoms with Gasteiger partial charge in [-0.2, -0.15) is 0 Å². The molecule has 1 saturated heterocycles. The maximum Gasteiger partial charge on any atom is 0.180 e. The van der Waals surface area contributed by atoms with Gasteiger partial charge in [-0.15, -0.1) is 0 Å². The molecule has 0 spiro atoms. The summed E-state index contributed by atoms with van der Waals surface area (Å²) >= 11 is 0. The van der Waals surface area contributed by atoms with Crippen LogP contribution in [0.1, 0.15) is 31.4 Å². The van der Waals surface area contributed by atoms with Crippen LogP contribution in [0.15, 0.2) is 37.2 Å². The highest BCUT2D eigenvalue weighted by atomic mass is 16.5. The number of benzene rings is 1. The summed E-state index contributed by atoms with van der Waals surface area (Å²) in [6.07, 6.45) is 12.2. The van der Waals surface area contributed by atoms with Gasteiger partial charge in [0, 0.05) is 37.2 Å². The summed E-state index contributed by atoms with van der Waals surface area (Å²) in [4.78, 5) is 27.6. The second-order valence-electron chi connectivity index (χ2n) is 8.85. The minimum absolute atomic E-state index is 0.184. The van der Waals surface area contributed by atoms with Crippen molar-refractivity contribution in [2.24, 2.45) is 5.92 Å². The minimum atomic E-state index is 0.184. The van der Waals surface area contributed by atoms with Gasteiger partial charge in [0.2, 0.25) is 0 Å². The Labute approximate surface area is 191 Å². The van der Waals surface area contributed by atoms with Gasteiger partial charge < -0.3 is 19.4 Å². The molecule has 6 rings (SSSR count). The third-order valence-corrected chi connectivity index (χ3v) is 6.77. The first-order valence-corrected chi connectivity index (χ1v) is 11.7. The van der Waals surface area contributed by atoms with Crippen LogP contribution in [0, 0.1) is 5.92 Å². The van der Waals surface area contributed by atoms with E-state index in [4.69, 9.17) is 9.47 Å². The lowest BCUT2D eigenvalue weighted by atomic mass is 9.84. The van der Waals surface area contributed by atoms with E-state index in [1.54, 1.807) is 25.0 Å². The second-order valence-corrected chi connectivity index (χ2v) is 8.85. The largest absolute Gasteiger partial charge is 0.488 e. The first-order valence-electron chi connectivity index (χ1n) is 11.7. The van der Waals surface area contributed by atoms with Crippen LogP contribution in [-0.4, -0.2) is 62.3 Å². The molecule has 170 valence electrons.